The Labute approximate surface area is 157 Å². The van der Waals surface area contributed by atoms with E-state index < -0.39 is 0 Å². The molecular weight excluding hydrogens is 346 g/mol. The van der Waals surface area contributed by atoms with Gasteiger partial charge >= 0.3 is 0 Å². The zero-order valence-electron chi connectivity index (χ0n) is 15.2. The lowest BCUT2D eigenvalue weighted by Crippen LogP contribution is -2.36. The van der Waals surface area contributed by atoms with E-state index in [1.807, 2.05) is 29.1 Å². The first kappa shape index (κ1) is 18.1. The molecule has 26 heavy (non-hydrogen) atoms. The van der Waals surface area contributed by atoms with Crippen molar-refractivity contribution in [3.8, 4) is 5.82 Å². The SMILES string of the molecule is CN=C(NCc1ccc(-n2ccnc2)nc1)NCc1nc(C(C)C)cs1. The molecule has 0 atom stereocenters. The van der Waals surface area contributed by atoms with Gasteiger partial charge in [0, 0.05) is 37.6 Å². The van der Waals surface area contributed by atoms with Crippen LogP contribution in [0.5, 0.6) is 0 Å². The fraction of sp³-hybridized carbons (Fsp3) is 0.333. The lowest BCUT2D eigenvalue weighted by atomic mass is 10.2. The predicted molar refractivity (Wildman–Crippen MR) is 105 cm³/mol. The van der Waals surface area contributed by atoms with Crippen LogP contribution in [0.15, 0.2) is 47.4 Å². The molecule has 7 nitrogen and oxygen atoms in total. The average Bonchev–Trinajstić information content (AvgIpc) is 3.34. The first-order valence-corrected chi connectivity index (χ1v) is 9.35. The van der Waals surface area contributed by atoms with Gasteiger partial charge in [0.15, 0.2) is 5.96 Å². The van der Waals surface area contributed by atoms with Gasteiger partial charge in [-0.15, -0.1) is 11.3 Å². The minimum atomic E-state index is 0.454. The molecule has 0 aliphatic carbocycles. The largest absolute Gasteiger partial charge is 0.352 e. The Kier molecular flexibility index (Phi) is 5.96. The Hall–Kier alpha value is -2.74. The number of imidazole rings is 1. The Morgan fingerprint density at radius 1 is 1.27 bits per heavy atom. The summed E-state index contributed by atoms with van der Waals surface area (Å²) >= 11 is 1.67. The van der Waals surface area contributed by atoms with Gasteiger partial charge in [-0.25, -0.2) is 15.0 Å². The molecule has 0 unspecified atom stereocenters. The highest BCUT2D eigenvalue weighted by Crippen LogP contribution is 2.17. The standard InChI is InChI=1S/C18H23N7S/c1-13(2)15-11-26-17(24-15)10-23-18(19-3)22-9-14-4-5-16(21-8-14)25-7-6-20-12-25/h4-8,11-13H,9-10H2,1-3H3,(H2,19,22,23). The Morgan fingerprint density at radius 2 is 2.12 bits per heavy atom. The second-order valence-corrected chi connectivity index (χ2v) is 7.04. The summed E-state index contributed by atoms with van der Waals surface area (Å²) in [7, 11) is 1.76. The number of aliphatic imine (C=N–C) groups is 1. The van der Waals surface area contributed by atoms with Crippen molar-refractivity contribution >= 4 is 17.3 Å². The number of guanidine groups is 1. The molecule has 0 bridgehead atoms. The van der Waals surface area contributed by atoms with Gasteiger partial charge in [0.25, 0.3) is 0 Å². The van der Waals surface area contributed by atoms with Crippen LogP contribution >= 0.6 is 11.3 Å². The van der Waals surface area contributed by atoms with Crippen LogP contribution in [0.2, 0.25) is 0 Å². The fourth-order valence-corrected chi connectivity index (χ4v) is 3.20. The first-order valence-electron chi connectivity index (χ1n) is 8.48. The van der Waals surface area contributed by atoms with Crippen LogP contribution in [0.1, 0.15) is 36.0 Å². The van der Waals surface area contributed by atoms with E-state index in [1.165, 1.54) is 0 Å². The zero-order valence-corrected chi connectivity index (χ0v) is 16.0. The number of pyridine rings is 1. The van der Waals surface area contributed by atoms with Crippen LogP contribution in [0.4, 0.5) is 0 Å². The van der Waals surface area contributed by atoms with Gasteiger partial charge in [0.05, 0.1) is 12.2 Å². The average molecular weight is 369 g/mol. The predicted octanol–water partition coefficient (Wildman–Crippen LogP) is 2.71. The molecule has 3 aromatic rings. The minimum absolute atomic E-state index is 0.454. The number of nitrogens with one attached hydrogen (secondary N) is 2. The number of nitrogens with zero attached hydrogens (tertiary/aromatic N) is 5. The normalized spacial score (nSPS) is 11.8. The smallest absolute Gasteiger partial charge is 0.191 e. The van der Waals surface area contributed by atoms with Crippen molar-refractivity contribution in [2.45, 2.75) is 32.9 Å². The fourth-order valence-electron chi connectivity index (χ4n) is 2.31. The Bertz CT molecular complexity index is 835. The lowest BCUT2D eigenvalue weighted by molar-refractivity contribution is 0.783. The summed E-state index contributed by atoms with van der Waals surface area (Å²) in [5.74, 6) is 2.04. The molecule has 0 fully saturated rings. The van der Waals surface area contributed by atoms with Crippen molar-refractivity contribution in [2.24, 2.45) is 4.99 Å². The van der Waals surface area contributed by atoms with Crippen LogP contribution in [0.3, 0.4) is 0 Å². The molecule has 3 aromatic heterocycles. The van der Waals surface area contributed by atoms with Gasteiger partial charge in [-0.05, 0) is 17.5 Å². The number of hydrogen-bond acceptors (Lipinski definition) is 5. The molecule has 0 aromatic carbocycles. The zero-order chi connectivity index (χ0) is 18.4. The monoisotopic (exact) mass is 369 g/mol. The van der Waals surface area contributed by atoms with Crippen molar-refractivity contribution in [1.29, 1.82) is 0 Å². The molecule has 0 spiro atoms. The third kappa shape index (κ3) is 4.66. The summed E-state index contributed by atoms with van der Waals surface area (Å²) in [5.41, 5.74) is 2.21. The third-order valence-electron chi connectivity index (χ3n) is 3.83. The summed E-state index contributed by atoms with van der Waals surface area (Å²) in [6, 6.07) is 4.01. The molecule has 0 saturated carbocycles. The van der Waals surface area contributed by atoms with E-state index in [9.17, 15) is 0 Å². The van der Waals surface area contributed by atoms with Crippen LogP contribution in [-0.2, 0) is 13.1 Å². The van der Waals surface area contributed by atoms with Gasteiger partial charge in [-0.1, -0.05) is 19.9 Å². The van der Waals surface area contributed by atoms with Crippen LogP contribution in [0.25, 0.3) is 5.82 Å². The second-order valence-electron chi connectivity index (χ2n) is 6.09. The number of thiazole rings is 1. The van der Waals surface area contributed by atoms with E-state index in [-0.39, 0.29) is 0 Å². The molecule has 0 aliphatic heterocycles. The molecule has 3 heterocycles. The second kappa shape index (κ2) is 8.57. The van der Waals surface area contributed by atoms with E-state index >= 15 is 0 Å². The molecule has 0 aliphatic rings. The summed E-state index contributed by atoms with van der Waals surface area (Å²) in [4.78, 5) is 17.4. The molecule has 2 N–H and O–H groups in total. The van der Waals surface area contributed by atoms with Crippen molar-refractivity contribution in [3.63, 3.8) is 0 Å². The van der Waals surface area contributed by atoms with Crippen molar-refractivity contribution in [2.75, 3.05) is 7.05 Å². The number of rotatable bonds is 6. The topological polar surface area (TPSA) is 80.0 Å². The summed E-state index contributed by atoms with van der Waals surface area (Å²) in [6.45, 7) is 5.61. The lowest BCUT2D eigenvalue weighted by Gasteiger charge is -2.11. The molecule has 0 amide bonds. The molecule has 3 rings (SSSR count). The summed E-state index contributed by atoms with van der Waals surface area (Å²) < 4.78 is 1.87. The number of hydrogen-bond donors (Lipinski definition) is 2. The Morgan fingerprint density at radius 3 is 2.73 bits per heavy atom. The highest BCUT2D eigenvalue weighted by molar-refractivity contribution is 7.09. The van der Waals surface area contributed by atoms with E-state index in [4.69, 9.17) is 0 Å². The quantitative estimate of drug-likeness (QED) is 0.516. The number of aromatic nitrogens is 4. The van der Waals surface area contributed by atoms with Crippen molar-refractivity contribution < 1.29 is 0 Å². The van der Waals surface area contributed by atoms with Gasteiger partial charge in [-0.2, -0.15) is 0 Å². The van der Waals surface area contributed by atoms with Crippen LogP contribution in [0, 0.1) is 0 Å². The highest BCUT2D eigenvalue weighted by atomic mass is 32.1. The molecular formula is C18H23N7S. The van der Waals surface area contributed by atoms with Crippen molar-refractivity contribution in [1.82, 2.24) is 30.2 Å². The highest BCUT2D eigenvalue weighted by Gasteiger charge is 2.06. The molecule has 0 saturated heterocycles. The summed E-state index contributed by atoms with van der Waals surface area (Å²) in [6.07, 6.45) is 7.19. The summed E-state index contributed by atoms with van der Waals surface area (Å²) in [5, 5.41) is 9.77. The van der Waals surface area contributed by atoms with Gasteiger partial charge in [0.1, 0.15) is 17.2 Å². The van der Waals surface area contributed by atoms with Crippen molar-refractivity contribution in [3.05, 3.63) is 58.7 Å². The van der Waals surface area contributed by atoms with E-state index in [2.05, 4.69) is 49.8 Å². The molecule has 136 valence electrons. The van der Waals surface area contributed by atoms with E-state index in [0.29, 0.717) is 19.0 Å². The van der Waals surface area contributed by atoms with Crippen LogP contribution < -0.4 is 10.6 Å². The molecule has 8 heteroatoms. The Balaban J connectivity index is 1.50. The van der Waals surface area contributed by atoms with Gasteiger partial charge in [0.2, 0.25) is 0 Å². The minimum Gasteiger partial charge on any atom is -0.352 e. The van der Waals surface area contributed by atoms with E-state index in [1.54, 1.807) is 30.9 Å². The van der Waals surface area contributed by atoms with Gasteiger partial charge < -0.3 is 10.6 Å². The first-order chi connectivity index (χ1) is 12.7. The third-order valence-corrected chi connectivity index (χ3v) is 4.70. The maximum atomic E-state index is 4.62. The van der Waals surface area contributed by atoms with Crippen LogP contribution in [-0.4, -0.2) is 32.5 Å². The molecule has 0 radical (unpaired) electrons. The maximum Gasteiger partial charge on any atom is 0.191 e. The van der Waals surface area contributed by atoms with Gasteiger partial charge in [-0.3, -0.25) is 9.56 Å². The maximum absolute atomic E-state index is 4.62. The van der Waals surface area contributed by atoms with E-state index in [0.717, 1.165) is 28.0 Å².